The zero-order valence-corrected chi connectivity index (χ0v) is 11.8. The maximum Gasteiger partial charge on any atom is 0.0194 e. The molecule has 0 fully saturated rings. The van der Waals surface area contributed by atoms with Gasteiger partial charge in [0.1, 0.15) is 0 Å². The molecule has 3 heteroatoms. The summed E-state index contributed by atoms with van der Waals surface area (Å²) in [5, 5.41) is 1.10. The minimum absolute atomic E-state index is 0.650. The highest BCUT2D eigenvalue weighted by Gasteiger charge is 2.14. The standard InChI is InChI=1S/C11H25BrN2/c1-6-14(8-10(2)7-12)11(3)9-13(4)5/h10-11H,6-9H2,1-5H3. The van der Waals surface area contributed by atoms with E-state index in [1.807, 2.05) is 0 Å². The van der Waals surface area contributed by atoms with E-state index in [1.165, 1.54) is 6.54 Å². The predicted molar refractivity (Wildman–Crippen MR) is 68.2 cm³/mol. The molecule has 0 spiro atoms. The van der Waals surface area contributed by atoms with Crippen molar-refractivity contribution in [3.63, 3.8) is 0 Å². The van der Waals surface area contributed by atoms with Gasteiger partial charge in [-0.25, -0.2) is 0 Å². The van der Waals surface area contributed by atoms with Gasteiger partial charge in [0, 0.05) is 24.5 Å². The Labute approximate surface area is 97.8 Å². The second-order valence-electron chi connectivity index (χ2n) is 4.46. The van der Waals surface area contributed by atoms with Gasteiger partial charge in [0.15, 0.2) is 0 Å². The van der Waals surface area contributed by atoms with Gasteiger partial charge in [-0.3, -0.25) is 4.90 Å². The third-order valence-electron chi connectivity index (χ3n) is 2.47. The summed E-state index contributed by atoms with van der Waals surface area (Å²) in [6.45, 7) is 10.3. The average Bonchev–Trinajstić information content (AvgIpc) is 2.12. The maximum atomic E-state index is 3.54. The number of rotatable bonds is 7. The third-order valence-corrected chi connectivity index (χ3v) is 3.57. The molecule has 0 aliphatic rings. The summed E-state index contributed by atoms with van der Waals surface area (Å²) in [5.74, 6) is 0.736. The molecule has 0 N–H and O–H groups in total. The van der Waals surface area contributed by atoms with Gasteiger partial charge in [-0.1, -0.05) is 29.8 Å². The lowest BCUT2D eigenvalue weighted by Gasteiger charge is -2.31. The Morgan fingerprint density at radius 1 is 1.14 bits per heavy atom. The van der Waals surface area contributed by atoms with Gasteiger partial charge in [0.2, 0.25) is 0 Å². The second kappa shape index (κ2) is 7.66. The normalized spacial score (nSPS) is 16.3. The number of halogens is 1. The van der Waals surface area contributed by atoms with Crippen molar-refractivity contribution in [3.05, 3.63) is 0 Å². The topological polar surface area (TPSA) is 6.48 Å². The van der Waals surface area contributed by atoms with E-state index in [0.29, 0.717) is 6.04 Å². The highest BCUT2D eigenvalue weighted by Crippen LogP contribution is 2.07. The van der Waals surface area contributed by atoms with Crippen LogP contribution in [0.1, 0.15) is 20.8 Å². The van der Waals surface area contributed by atoms with Crippen molar-refractivity contribution in [2.24, 2.45) is 5.92 Å². The summed E-state index contributed by atoms with van der Waals surface area (Å²) in [6, 6.07) is 0.650. The van der Waals surface area contributed by atoms with Crippen LogP contribution in [-0.4, -0.2) is 54.9 Å². The number of hydrogen-bond acceptors (Lipinski definition) is 2. The van der Waals surface area contributed by atoms with Gasteiger partial charge in [0.25, 0.3) is 0 Å². The smallest absolute Gasteiger partial charge is 0.0194 e. The van der Waals surface area contributed by atoms with Crippen molar-refractivity contribution in [3.8, 4) is 0 Å². The largest absolute Gasteiger partial charge is 0.308 e. The van der Waals surface area contributed by atoms with Crippen LogP contribution in [0.15, 0.2) is 0 Å². The Bertz CT molecular complexity index is 139. The summed E-state index contributed by atoms with van der Waals surface area (Å²) in [7, 11) is 4.27. The van der Waals surface area contributed by atoms with Gasteiger partial charge in [0.05, 0.1) is 0 Å². The van der Waals surface area contributed by atoms with Crippen LogP contribution < -0.4 is 0 Å². The zero-order chi connectivity index (χ0) is 11.1. The number of alkyl halides is 1. The van der Waals surface area contributed by atoms with Crippen LogP contribution in [0.5, 0.6) is 0 Å². The molecule has 0 radical (unpaired) electrons. The molecule has 0 saturated heterocycles. The average molecular weight is 265 g/mol. The summed E-state index contributed by atoms with van der Waals surface area (Å²) in [6.07, 6.45) is 0. The monoisotopic (exact) mass is 264 g/mol. The molecule has 0 saturated carbocycles. The van der Waals surface area contributed by atoms with Crippen molar-refractivity contribution in [1.29, 1.82) is 0 Å². The van der Waals surface area contributed by atoms with E-state index in [-0.39, 0.29) is 0 Å². The number of nitrogens with zero attached hydrogens (tertiary/aromatic N) is 2. The van der Waals surface area contributed by atoms with E-state index in [0.717, 1.165) is 24.3 Å². The molecule has 86 valence electrons. The van der Waals surface area contributed by atoms with Gasteiger partial charge < -0.3 is 4.90 Å². The van der Waals surface area contributed by atoms with Gasteiger partial charge in [-0.15, -0.1) is 0 Å². The lowest BCUT2D eigenvalue weighted by Crippen LogP contribution is -2.42. The zero-order valence-electron chi connectivity index (χ0n) is 10.3. The molecule has 14 heavy (non-hydrogen) atoms. The van der Waals surface area contributed by atoms with E-state index < -0.39 is 0 Å². The Morgan fingerprint density at radius 2 is 1.71 bits per heavy atom. The van der Waals surface area contributed by atoms with Crippen LogP contribution >= 0.6 is 15.9 Å². The van der Waals surface area contributed by atoms with E-state index in [1.54, 1.807) is 0 Å². The first-order chi connectivity index (χ1) is 6.51. The van der Waals surface area contributed by atoms with Crippen molar-refractivity contribution in [1.82, 2.24) is 9.80 Å². The van der Waals surface area contributed by atoms with Crippen molar-refractivity contribution in [2.75, 3.05) is 39.1 Å². The highest BCUT2D eigenvalue weighted by molar-refractivity contribution is 9.09. The Morgan fingerprint density at radius 3 is 2.07 bits per heavy atom. The van der Waals surface area contributed by atoms with Crippen LogP contribution in [0.3, 0.4) is 0 Å². The van der Waals surface area contributed by atoms with E-state index in [9.17, 15) is 0 Å². The van der Waals surface area contributed by atoms with Gasteiger partial charge >= 0.3 is 0 Å². The SMILES string of the molecule is CCN(CC(C)CBr)C(C)CN(C)C. The molecule has 0 aromatic rings. The van der Waals surface area contributed by atoms with Gasteiger partial charge in [-0.05, 0) is 33.5 Å². The van der Waals surface area contributed by atoms with Crippen molar-refractivity contribution >= 4 is 15.9 Å². The fraction of sp³-hybridized carbons (Fsp3) is 1.00. The lowest BCUT2D eigenvalue weighted by molar-refractivity contribution is 0.166. The van der Waals surface area contributed by atoms with Crippen LogP contribution in [0.4, 0.5) is 0 Å². The van der Waals surface area contributed by atoms with Crippen LogP contribution in [0.2, 0.25) is 0 Å². The summed E-state index contributed by atoms with van der Waals surface area (Å²) in [4.78, 5) is 4.80. The molecule has 2 unspecified atom stereocenters. The lowest BCUT2D eigenvalue weighted by atomic mass is 10.1. The first-order valence-corrected chi connectivity index (χ1v) is 6.58. The highest BCUT2D eigenvalue weighted by atomic mass is 79.9. The minimum Gasteiger partial charge on any atom is -0.308 e. The van der Waals surface area contributed by atoms with E-state index in [4.69, 9.17) is 0 Å². The summed E-state index contributed by atoms with van der Waals surface area (Å²) in [5.41, 5.74) is 0. The summed E-state index contributed by atoms with van der Waals surface area (Å²) < 4.78 is 0. The maximum absolute atomic E-state index is 3.54. The molecule has 2 atom stereocenters. The van der Waals surface area contributed by atoms with Crippen molar-refractivity contribution in [2.45, 2.75) is 26.8 Å². The Hall–Kier alpha value is 0.400. The molecule has 0 heterocycles. The Kier molecular flexibility index (Phi) is 7.88. The first-order valence-electron chi connectivity index (χ1n) is 5.46. The molecule has 0 amide bonds. The quantitative estimate of drug-likeness (QED) is 0.652. The molecular weight excluding hydrogens is 240 g/mol. The molecular formula is C11H25BrN2. The summed E-state index contributed by atoms with van der Waals surface area (Å²) >= 11 is 3.54. The molecule has 0 aromatic carbocycles. The predicted octanol–water partition coefficient (Wildman–Crippen LogP) is 2.29. The third kappa shape index (κ3) is 5.99. The van der Waals surface area contributed by atoms with Crippen molar-refractivity contribution < 1.29 is 0 Å². The molecule has 0 aromatic heterocycles. The van der Waals surface area contributed by atoms with Crippen LogP contribution in [0, 0.1) is 5.92 Å². The first kappa shape index (κ1) is 14.4. The van der Waals surface area contributed by atoms with Crippen LogP contribution in [-0.2, 0) is 0 Å². The Balaban J connectivity index is 3.98. The molecule has 0 bridgehead atoms. The minimum atomic E-state index is 0.650. The molecule has 2 nitrogen and oxygen atoms in total. The van der Waals surface area contributed by atoms with Crippen LogP contribution in [0.25, 0.3) is 0 Å². The fourth-order valence-corrected chi connectivity index (χ4v) is 1.92. The molecule has 0 rings (SSSR count). The number of likely N-dealkylation sites (N-methyl/N-ethyl adjacent to an activating group) is 2. The van der Waals surface area contributed by atoms with Gasteiger partial charge in [-0.2, -0.15) is 0 Å². The van der Waals surface area contributed by atoms with E-state index >= 15 is 0 Å². The number of hydrogen-bond donors (Lipinski definition) is 0. The fourth-order valence-electron chi connectivity index (χ4n) is 1.71. The van der Waals surface area contributed by atoms with E-state index in [2.05, 4.69) is 60.6 Å². The molecule has 0 aliphatic heterocycles. The molecule has 0 aliphatic carbocycles. The second-order valence-corrected chi connectivity index (χ2v) is 5.11.